The van der Waals surface area contributed by atoms with Gasteiger partial charge in [0.25, 0.3) is 0 Å². The summed E-state index contributed by atoms with van der Waals surface area (Å²) in [6, 6.07) is 0. The second-order valence-corrected chi connectivity index (χ2v) is 4.55. The lowest BCUT2D eigenvalue weighted by molar-refractivity contribution is 0.900. The number of aryl methyl sites for hydroxylation is 1. The number of imidazole rings is 1. The van der Waals surface area contributed by atoms with Gasteiger partial charge in [-0.2, -0.15) is 10.2 Å². The average molecular weight is 342 g/mol. The van der Waals surface area contributed by atoms with Crippen molar-refractivity contribution in [3.8, 4) is 0 Å². The summed E-state index contributed by atoms with van der Waals surface area (Å²) < 4.78 is 1.85. The molecule has 0 radical (unpaired) electrons. The van der Waals surface area contributed by atoms with Crippen molar-refractivity contribution in [2.45, 2.75) is 6.92 Å². The minimum Gasteiger partial charge on any atom is -0.385 e. The predicted octanol–water partition coefficient (Wildman–Crippen LogP) is -0.0236. The van der Waals surface area contributed by atoms with Crippen LogP contribution >= 0.6 is 24.4 Å². The molecule has 0 atom stereocenters. The first-order valence-electron chi connectivity index (χ1n) is 6.36. The van der Waals surface area contributed by atoms with Crippen LogP contribution in [0.3, 0.4) is 0 Å². The molecule has 0 amide bonds. The van der Waals surface area contributed by atoms with Crippen LogP contribution in [0.1, 0.15) is 12.6 Å². The van der Waals surface area contributed by atoms with Gasteiger partial charge in [-0.25, -0.2) is 4.98 Å². The molecule has 4 N–H and O–H groups in total. The van der Waals surface area contributed by atoms with Gasteiger partial charge >= 0.3 is 0 Å². The molecule has 0 fully saturated rings. The molecular formula is C12H22N8S2. The van der Waals surface area contributed by atoms with Crippen LogP contribution in [0.15, 0.2) is 22.7 Å². The van der Waals surface area contributed by atoms with E-state index in [0.29, 0.717) is 16.5 Å². The van der Waals surface area contributed by atoms with Crippen LogP contribution in [0, 0.1) is 0 Å². The van der Waals surface area contributed by atoms with Crippen LogP contribution in [0.4, 0.5) is 0 Å². The third-order valence-electron chi connectivity index (χ3n) is 2.18. The van der Waals surface area contributed by atoms with Crippen molar-refractivity contribution in [3.63, 3.8) is 0 Å². The molecule has 0 saturated heterocycles. The standard InChI is InChI=1S/C10H17N7S.C2H5NS/c1-7(14-16-10(18)11-2)9(15-12-3)8-5-17(4)6-13-8;1-3-2-4/h5-6,12H,1-4H3,(H2,11,16,18);2H,1H3,(H,3,4)/b14-7+,15-9-;. The first-order valence-corrected chi connectivity index (χ1v) is 7.24. The summed E-state index contributed by atoms with van der Waals surface area (Å²) in [5, 5.41) is 14.1. The smallest absolute Gasteiger partial charge is 0.186 e. The number of hydrogen-bond acceptors (Lipinski definition) is 6. The third kappa shape index (κ3) is 7.64. The highest BCUT2D eigenvalue weighted by Gasteiger charge is 2.10. The molecule has 0 aliphatic carbocycles. The monoisotopic (exact) mass is 342 g/mol. The molecule has 0 bridgehead atoms. The lowest BCUT2D eigenvalue weighted by Gasteiger charge is -2.05. The first-order chi connectivity index (χ1) is 10.5. The summed E-state index contributed by atoms with van der Waals surface area (Å²) in [5.74, 6) is 0. The number of nitrogens with zero attached hydrogens (tertiary/aromatic N) is 4. The fourth-order valence-electron chi connectivity index (χ4n) is 1.21. The molecule has 0 unspecified atom stereocenters. The van der Waals surface area contributed by atoms with Gasteiger partial charge < -0.3 is 20.6 Å². The Morgan fingerprint density at radius 1 is 1.32 bits per heavy atom. The maximum Gasteiger partial charge on any atom is 0.186 e. The molecule has 1 heterocycles. The van der Waals surface area contributed by atoms with Crippen LogP contribution in [-0.2, 0) is 7.05 Å². The van der Waals surface area contributed by atoms with Crippen molar-refractivity contribution in [2.75, 3.05) is 21.1 Å². The molecule has 0 aromatic carbocycles. The number of aromatic nitrogens is 2. The molecule has 1 rings (SSSR count). The van der Waals surface area contributed by atoms with Crippen LogP contribution in [0.2, 0.25) is 0 Å². The Labute approximate surface area is 141 Å². The Morgan fingerprint density at radius 3 is 2.36 bits per heavy atom. The summed E-state index contributed by atoms with van der Waals surface area (Å²) >= 11 is 9.26. The number of hydrogen-bond donors (Lipinski definition) is 4. The summed E-state index contributed by atoms with van der Waals surface area (Å²) in [7, 11) is 7.12. The van der Waals surface area contributed by atoms with E-state index in [2.05, 4.69) is 48.9 Å². The Hall–Kier alpha value is -2.07. The predicted molar refractivity (Wildman–Crippen MR) is 99.4 cm³/mol. The fourth-order valence-corrected chi connectivity index (χ4v) is 1.26. The normalized spacial score (nSPS) is 11.0. The highest BCUT2D eigenvalue weighted by atomic mass is 32.1. The maximum absolute atomic E-state index is 4.94. The molecule has 22 heavy (non-hydrogen) atoms. The molecule has 8 nitrogen and oxygen atoms in total. The number of thiocarbonyl (C=S) groups is 2. The van der Waals surface area contributed by atoms with Crippen molar-refractivity contribution in [2.24, 2.45) is 17.3 Å². The molecule has 1 aromatic heterocycles. The molecule has 122 valence electrons. The van der Waals surface area contributed by atoms with Gasteiger partial charge in [0.05, 0.1) is 17.5 Å². The molecule has 0 aliphatic rings. The summed E-state index contributed by atoms with van der Waals surface area (Å²) in [4.78, 5) is 4.24. The second kappa shape index (κ2) is 11.6. The lowest BCUT2D eigenvalue weighted by atomic mass is 10.2. The maximum atomic E-state index is 4.94. The van der Waals surface area contributed by atoms with Crippen molar-refractivity contribution in [1.82, 2.24) is 31.0 Å². The number of hydrazone groups is 2. The Balaban J connectivity index is 0.000000980. The largest absolute Gasteiger partial charge is 0.385 e. The molecule has 1 aromatic rings. The minimum absolute atomic E-state index is 0.444. The topological polar surface area (TPSA) is 90.7 Å². The van der Waals surface area contributed by atoms with E-state index in [0.717, 1.165) is 5.69 Å². The first kappa shape index (κ1) is 19.9. The van der Waals surface area contributed by atoms with Gasteiger partial charge in [-0.05, 0) is 19.1 Å². The highest BCUT2D eigenvalue weighted by Crippen LogP contribution is 1.99. The Bertz CT molecular complexity index is 535. The van der Waals surface area contributed by atoms with Gasteiger partial charge in [0.2, 0.25) is 0 Å². The van der Waals surface area contributed by atoms with E-state index in [9.17, 15) is 0 Å². The number of rotatable bonds is 5. The molecule has 0 aliphatic heterocycles. The number of nitrogens with one attached hydrogen (secondary N) is 4. The fraction of sp³-hybridized carbons (Fsp3) is 0.417. The van der Waals surface area contributed by atoms with Gasteiger partial charge in [0, 0.05) is 34.4 Å². The van der Waals surface area contributed by atoms with Gasteiger partial charge in [0.15, 0.2) is 5.11 Å². The zero-order chi connectivity index (χ0) is 17.0. The second-order valence-electron chi connectivity index (χ2n) is 3.90. The van der Waals surface area contributed by atoms with E-state index in [1.54, 1.807) is 27.5 Å². The van der Waals surface area contributed by atoms with E-state index in [-0.39, 0.29) is 0 Å². The van der Waals surface area contributed by atoms with Crippen molar-refractivity contribution in [1.29, 1.82) is 0 Å². The van der Waals surface area contributed by atoms with Gasteiger partial charge in [-0.15, -0.1) is 0 Å². The van der Waals surface area contributed by atoms with Gasteiger partial charge in [0.1, 0.15) is 11.4 Å². The zero-order valence-corrected chi connectivity index (χ0v) is 15.0. The molecule has 0 saturated carbocycles. The Kier molecular flexibility index (Phi) is 10.5. The van der Waals surface area contributed by atoms with E-state index in [1.807, 2.05) is 24.7 Å². The van der Waals surface area contributed by atoms with Gasteiger partial charge in [-0.3, -0.25) is 5.43 Å². The van der Waals surface area contributed by atoms with E-state index < -0.39 is 0 Å². The van der Waals surface area contributed by atoms with Crippen LogP contribution < -0.4 is 21.5 Å². The van der Waals surface area contributed by atoms with Crippen molar-refractivity contribution < 1.29 is 0 Å². The van der Waals surface area contributed by atoms with Crippen molar-refractivity contribution >= 4 is 46.5 Å². The third-order valence-corrected chi connectivity index (χ3v) is 2.71. The van der Waals surface area contributed by atoms with Crippen molar-refractivity contribution in [3.05, 3.63) is 18.2 Å². The molecule has 10 heteroatoms. The highest BCUT2D eigenvalue weighted by molar-refractivity contribution is 7.80. The van der Waals surface area contributed by atoms with Gasteiger partial charge in [-0.1, -0.05) is 12.2 Å². The van der Waals surface area contributed by atoms with E-state index >= 15 is 0 Å². The minimum atomic E-state index is 0.444. The summed E-state index contributed by atoms with van der Waals surface area (Å²) in [5.41, 5.74) is 8.99. The SMILES string of the molecule is CN/N=C(/C(C)=N/NC(=S)NC)c1cn(C)cn1.CNC=S. The zero-order valence-electron chi connectivity index (χ0n) is 13.3. The van der Waals surface area contributed by atoms with Crippen LogP contribution in [0.25, 0.3) is 0 Å². The lowest BCUT2D eigenvalue weighted by Crippen LogP contribution is -2.30. The Morgan fingerprint density at radius 2 is 1.95 bits per heavy atom. The summed E-state index contributed by atoms with van der Waals surface area (Å²) in [6.07, 6.45) is 3.57. The van der Waals surface area contributed by atoms with E-state index in [4.69, 9.17) is 12.2 Å². The quantitative estimate of drug-likeness (QED) is 0.339. The van der Waals surface area contributed by atoms with E-state index in [1.165, 1.54) is 5.49 Å². The molecular weight excluding hydrogens is 320 g/mol. The average Bonchev–Trinajstić information content (AvgIpc) is 2.96. The van der Waals surface area contributed by atoms with Crippen LogP contribution in [-0.4, -0.2) is 52.7 Å². The molecule has 0 spiro atoms. The summed E-state index contributed by atoms with van der Waals surface area (Å²) in [6.45, 7) is 1.83. The van der Waals surface area contributed by atoms with Crippen LogP contribution in [0.5, 0.6) is 0 Å².